The molecule has 0 fully saturated rings. The van der Waals surface area contributed by atoms with Gasteiger partial charge in [-0.3, -0.25) is 0 Å². The van der Waals surface area contributed by atoms with Gasteiger partial charge in [0.1, 0.15) is 11.0 Å². The Labute approximate surface area is 280 Å². The molecule has 0 saturated heterocycles. The zero-order chi connectivity index (χ0) is 33.0. The van der Waals surface area contributed by atoms with Crippen molar-refractivity contribution in [3.8, 4) is 0 Å². The van der Waals surface area contributed by atoms with E-state index in [1.165, 1.54) is 0 Å². The van der Waals surface area contributed by atoms with Crippen LogP contribution in [0.4, 0.5) is 23.5 Å². The molecule has 4 aromatic carbocycles. The van der Waals surface area contributed by atoms with Crippen molar-refractivity contribution in [3.05, 3.63) is 144 Å². The molecule has 4 N–H and O–H groups in total. The molecule has 0 spiro atoms. The molecule has 0 aliphatic carbocycles. The minimum atomic E-state index is -0.0734. The molecule has 0 bridgehead atoms. The number of aliphatic hydroxyl groups is 2. The van der Waals surface area contributed by atoms with E-state index < -0.39 is 0 Å². The van der Waals surface area contributed by atoms with Crippen LogP contribution in [0, 0.1) is 0 Å². The first-order chi connectivity index (χ1) is 23.7. The Morgan fingerprint density at radius 1 is 0.417 bits per heavy atom. The summed E-state index contributed by atoms with van der Waals surface area (Å²) in [5.74, 6) is 2.00. The van der Waals surface area contributed by atoms with Gasteiger partial charge < -0.3 is 30.6 Å². The smallest absolute Gasteiger partial charge is 0.225 e. The molecule has 0 aliphatic heterocycles. The maximum absolute atomic E-state index is 9.71. The highest BCUT2D eigenvalue weighted by Gasteiger charge is 2.24. The van der Waals surface area contributed by atoms with E-state index in [0.717, 1.165) is 22.3 Å². The Morgan fingerprint density at radius 2 is 0.708 bits per heavy atom. The molecule has 0 aliphatic rings. The number of nitrogens with one attached hydrogen (secondary N) is 2. The Morgan fingerprint density at radius 3 is 0.979 bits per heavy atom. The molecule has 0 saturated carbocycles. The van der Waals surface area contributed by atoms with Crippen LogP contribution in [0.25, 0.3) is 11.0 Å². The summed E-state index contributed by atoms with van der Waals surface area (Å²) in [7, 11) is 0. The average molecular weight is 641 g/mol. The topological polar surface area (TPSA) is 123 Å². The summed E-state index contributed by atoms with van der Waals surface area (Å²) in [6, 6.07) is 41.1. The summed E-state index contributed by atoms with van der Waals surface area (Å²) in [6.07, 6.45) is 0. The number of rotatable bonds is 16. The third kappa shape index (κ3) is 8.41. The van der Waals surface area contributed by atoms with E-state index in [9.17, 15) is 10.2 Å². The summed E-state index contributed by atoms with van der Waals surface area (Å²) >= 11 is 0. The minimum Gasteiger partial charge on any atom is -0.395 e. The van der Waals surface area contributed by atoms with Crippen molar-refractivity contribution in [2.75, 3.05) is 46.7 Å². The van der Waals surface area contributed by atoms with Crippen molar-refractivity contribution in [1.82, 2.24) is 19.9 Å². The van der Waals surface area contributed by atoms with Gasteiger partial charge in [0.15, 0.2) is 11.6 Å². The van der Waals surface area contributed by atoms with Crippen molar-refractivity contribution in [2.24, 2.45) is 0 Å². The molecule has 6 aromatic rings. The van der Waals surface area contributed by atoms with E-state index in [1.807, 2.05) is 72.8 Å². The number of nitrogens with zero attached hydrogens (tertiary/aromatic N) is 6. The first-order valence-corrected chi connectivity index (χ1v) is 16.1. The van der Waals surface area contributed by atoms with Crippen LogP contribution in [0.3, 0.4) is 0 Å². The number of hydrogen-bond donors (Lipinski definition) is 4. The predicted octanol–water partition coefficient (Wildman–Crippen LogP) is 5.64. The minimum absolute atomic E-state index is 0.0734. The fraction of sp³-hybridized carbons (Fsp3) is 0.211. The molecular weight excluding hydrogens is 600 g/mol. The van der Waals surface area contributed by atoms with E-state index in [-0.39, 0.29) is 26.3 Å². The first-order valence-electron chi connectivity index (χ1n) is 16.1. The molecule has 244 valence electrons. The van der Waals surface area contributed by atoms with Crippen molar-refractivity contribution < 1.29 is 10.2 Å². The maximum atomic E-state index is 9.71. The third-order valence-corrected chi connectivity index (χ3v) is 7.76. The van der Waals surface area contributed by atoms with E-state index in [2.05, 4.69) is 69.0 Å². The zero-order valence-corrected chi connectivity index (χ0v) is 26.8. The molecule has 0 unspecified atom stereocenters. The standard InChI is InChI=1S/C38H40N8O2/c47-23-21-39-37-42-34-33(35(43-37)45(25-29-13-5-1-6-14-29)26-30-15-7-2-8-16-30)41-38(40-22-24-48)44-36(34)46(27-31-17-9-3-10-18-31)28-32-19-11-4-12-20-32/h1-20,47-48H,21-28H2,(H,39,42,43)(H,40,41,44). The fourth-order valence-corrected chi connectivity index (χ4v) is 5.55. The highest BCUT2D eigenvalue weighted by atomic mass is 16.3. The highest BCUT2D eigenvalue weighted by Crippen LogP contribution is 2.34. The van der Waals surface area contributed by atoms with Crippen molar-refractivity contribution in [2.45, 2.75) is 26.2 Å². The van der Waals surface area contributed by atoms with Gasteiger partial charge in [-0.05, 0) is 22.3 Å². The lowest BCUT2D eigenvalue weighted by atomic mass is 10.1. The second-order valence-corrected chi connectivity index (χ2v) is 11.4. The van der Waals surface area contributed by atoms with Gasteiger partial charge in [-0.2, -0.15) is 9.97 Å². The van der Waals surface area contributed by atoms with Crippen LogP contribution in [0.5, 0.6) is 0 Å². The second-order valence-electron chi connectivity index (χ2n) is 11.4. The lowest BCUT2D eigenvalue weighted by Crippen LogP contribution is -2.27. The molecule has 0 radical (unpaired) electrons. The Hall–Kier alpha value is -5.58. The van der Waals surface area contributed by atoms with Crippen LogP contribution in [-0.2, 0) is 26.2 Å². The van der Waals surface area contributed by atoms with Gasteiger partial charge in [-0.1, -0.05) is 121 Å². The molecular formula is C38H40N8O2. The van der Waals surface area contributed by atoms with E-state index in [1.54, 1.807) is 0 Å². The summed E-state index contributed by atoms with van der Waals surface area (Å²) in [6.45, 7) is 2.69. The predicted molar refractivity (Wildman–Crippen MR) is 192 cm³/mol. The van der Waals surface area contributed by atoms with Crippen LogP contribution in [0.2, 0.25) is 0 Å². The second kappa shape index (κ2) is 16.3. The maximum Gasteiger partial charge on any atom is 0.225 e. The van der Waals surface area contributed by atoms with Crippen molar-refractivity contribution >= 4 is 34.6 Å². The number of aromatic nitrogens is 4. The Balaban J connectivity index is 1.57. The summed E-state index contributed by atoms with van der Waals surface area (Å²) in [5.41, 5.74) is 5.63. The number of anilines is 4. The fourth-order valence-electron chi connectivity index (χ4n) is 5.55. The van der Waals surface area contributed by atoms with Crippen LogP contribution in [0.1, 0.15) is 22.3 Å². The summed E-state index contributed by atoms with van der Waals surface area (Å²) in [4.78, 5) is 24.4. The van der Waals surface area contributed by atoms with Gasteiger partial charge in [-0.25, -0.2) is 9.97 Å². The van der Waals surface area contributed by atoms with Crippen LogP contribution >= 0.6 is 0 Å². The van der Waals surface area contributed by atoms with Gasteiger partial charge in [0.25, 0.3) is 0 Å². The number of aliphatic hydroxyl groups excluding tert-OH is 2. The zero-order valence-electron chi connectivity index (χ0n) is 26.8. The number of hydrogen-bond acceptors (Lipinski definition) is 10. The third-order valence-electron chi connectivity index (χ3n) is 7.76. The lowest BCUT2D eigenvalue weighted by Gasteiger charge is -2.28. The largest absolute Gasteiger partial charge is 0.395 e. The molecule has 48 heavy (non-hydrogen) atoms. The molecule has 2 aromatic heterocycles. The van der Waals surface area contributed by atoms with Gasteiger partial charge in [0.05, 0.1) is 13.2 Å². The van der Waals surface area contributed by atoms with Gasteiger partial charge in [0, 0.05) is 39.3 Å². The molecule has 10 nitrogen and oxygen atoms in total. The van der Waals surface area contributed by atoms with E-state index >= 15 is 0 Å². The van der Waals surface area contributed by atoms with Crippen LogP contribution < -0.4 is 20.4 Å². The molecule has 2 heterocycles. The quantitative estimate of drug-likeness (QED) is 0.106. The van der Waals surface area contributed by atoms with Crippen LogP contribution in [-0.4, -0.2) is 56.5 Å². The molecule has 6 rings (SSSR count). The normalized spacial score (nSPS) is 11.0. The lowest BCUT2D eigenvalue weighted by molar-refractivity contribution is 0.310. The average Bonchev–Trinajstić information content (AvgIpc) is 3.13. The van der Waals surface area contributed by atoms with Gasteiger partial charge >= 0.3 is 0 Å². The number of fused-ring (bicyclic) bond motifs is 1. The Kier molecular flexibility index (Phi) is 11.0. The summed E-state index contributed by atoms with van der Waals surface area (Å²) < 4.78 is 0. The first kappa shape index (κ1) is 32.4. The highest BCUT2D eigenvalue weighted by molar-refractivity contribution is 5.95. The molecule has 0 amide bonds. The van der Waals surface area contributed by atoms with Crippen LogP contribution in [0.15, 0.2) is 121 Å². The molecule has 0 atom stereocenters. The van der Waals surface area contributed by atoms with E-state index in [4.69, 9.17) is 19.9 Å². The van der Waals surface area contributed by atoms with E-state index in [0.29, 0.717) is 60.7 Å². The number of benzene rings is 4. The Bertz CT molecular complexity index is 1640. The van der Waals surface area contributed by atoms with Crippen molar-refractivity contribution in [3.63, 3.8) is 0 Å². The molecule has 10 heteroatoms. The van der Waals surface area contributed by atoms with Gasteiger partial charge in [0.2, 0.25) is 11.9 Å². The monoisotopic (exact) mass is 640 g/mol. The van der Waals surface area contributed by atoms with Crippen molar-refractivity contribution in [1.29, 1.82) is 0 Å². The summed E-state index contributed by atoms with van der Waals surface area (Å²) in [5, 5.41) is 25.8. The SMILES string of the molecule is OCCNc1nc(N(Cc2ccccc2)Cc2ccccc2)c2nc(NCCO)nc(N(Cc3ccccc3)Cc3ccccc3)c2n1. The van der Waals surface area contributed by atoms with Gasteiger partial charge in [-0.15, -0.1) is 0 Å².